The quantitative estimate of drug-likeness (QED) is 0.839. The number of amides is 1. The van der Waals surface area contributed by atoms with Crippen LogP contribution in [0.3, 0.4) is 0 Å². The first kappa shape index (κ1) is 11.4. The van der Waals surface area contributed by atoms with E-state index in [1.165, 1.54) is 6.92 Å². The summed E-state index contributed by atoms with van der Waals surface area (Å²) in [6, 6.07) is 10.0. The zero-order valence-corrected chi connectivity index (χ0v) is 9.73. The molecule has 0 fully saturated rings. The Hall–Kier alpha value is -2.10. The normalized spacial score (nSPS) is 10.2. The second-order valence-electron chi connectivity index (χ2n) is 3.84. The number of carbonyl (C=O) groups excluding carboxylic acids is 1. The standard InChI is InChI=1S/C13H15N3O/c1-10(17)14-8-7-13-15-9-12(16-13)11-5-3-2-4-6-11/h2-6,9H,7-8H2,1H3,(H,14,17)(H,15,16). The SMILES string of the molecule is CC(=O)NCCc1ncc(-c2ccccc2)[nH]1. The van der Waals surface area contributed by atoms with Gasteiger partial charge in [0.2, 0.25) is 5.91 Å². The summed E-state index contributed by atoms with van der Waals surface area (Å²) in [6.07, 6.45) is 2.53. The molecule has 0 saturated carbocycles. The molecule has 1 heterocycles. The summed E-state index contributed by atoms with van der Waals surface area (Å²) in [5, 5.41) is 2.74. The first-order valence-corrected chi connectivity index (χ1v) is 5.59. The molecule has 4 heteroatoms. The lowest BCUT2D eigenvalue weighted by Crippen LogP contribution is -2.22. The number of nitrogens with one attached hydrogen (secondary N) is 2. The van der Waals surface area contributed by atoms with Crippen molar-refractivity contribution in [3.63, 3.8) is 0 Å². The molecule has 4 nitrogen and oxygen atoms in total. The van der Waals surface area contributed by atoms with Crippen molar-refractivity contribution in [2.75, 3.05) is 6.54 Å². The van der Waals surface area contributed by atoms with Crippen molar-refractivity contribution in [3.8, 4) is 11.3 Å². The highest BCUT2D eigenvalue weighted by Crippen LogP contribution is 2.15. The molecule has 0 aliphatic heterocycles. The fourth-order valence-electron chi connectivity index (χ4n) is 1.61. The van der Waals surface area contributed by atoms with E-state index in [1.54, 1.807) is 0 Å². The van der Waals surface area contributed by atoms with Gasteiger partial charge in [-0.2, -0.15) is 0 Å². The Morgan fingerprint density at radius 3 is 2.82 bits per heavy atom. The highest BCUT2D eigenvalue weighted by Gasteiger charge is 2.02. The van der Waals surface area contributed by atoms with E-state index in [-0.39, 0.29) is 5.91 Å². The van der Waals surface area contributed by atoms with Crippen LogP contribution in [0.1, 0.15) is 12.7 Å². The predicted octanol–water partition coefficient (Wildman–Crippen LogP) is 1.76. The zero-order chi connectivity index (χ0) is 12.1. The van der Waals surface area contributed by atoms with Crippen molar-refractivity contribution in [1.29, 1.82) is 0 Å². The van der Waals surface area contributed by atoms with Gasteiger partial charge in [-0.25, -0.2) is 4.98 Å². The van der Waals surface area contributed by atoms with Crippen molar-refractivity contribution < 1.29 is 4.79 Å². The van der Waals surface area contributed by atoms with Crippen molar-refractivity contribution in [3.05, 3.63) is 42.4 Å². The van der Waals surface area contributed by atoms with E-state index >= 15 is 0 Å². The van der Waals surface area contributed by atoms with Crippen molar-refractivity contribution >= 4 is 5.91 Å². The Bertz CT molecular complexity index is 490. The third kappa shape index (κ3) is 3.17. The van der Waals surface area contributed by atoms with E-state index in [4.69, 9.17) is 0 Å². The lowest BCUT2D eigenvalue weighted by molar-refractivity contribution is -0.118. The van der Waals surface area contributed by atoms with Crippen molar-refractivity contribution in [1.82, 2.24) is 15.3 Å². The molecule has 88 valence electrons. The monoisotopic (exact) mass is 229 g/mol. The third-order valence-corrected chi connectivity index (χ3v) is 2.45. The number of hydrogen-bond donors (Lipinski definition) is 2. The van der Waals surface area contributed by atoms with E-state index in [1.807, 2.05) is 36.5 Å². The summed E-state index contributed by atoms with van der Waals surface area (Å²) in [7, 11) is 0. The van der Waals surface area contributed by atoms with Crippen LogP contribution in [0, 0.1) is 0 Å². The van der Waals surface area contributed by atoms with Gasteiger partial charge in [-0.3, -0.25) is 4.79 Å². The van der Waals surface area contributed by atoms with Crippen LogP contribution >= 0.6 is 0 Å². The smallest absolute Gasteiger partial charge is 0.216 e. The molecule has 2 rings (SSSR count). The Labute approximate surface area is 100 Å². The average Bonchev–Trinajstić information content (AvgIpc) is 2.78. The van der Waals surface area contributed by atoms with E-state index in [2.05, 4.69) is 15.3 Å². The van der Waals surface area contributed by atoms with Gasteiger partial charge in [0.25, 0.3) is 0 Å². The van der Waals surface area contributed by atoms with E-state index in [0.29, 0.717) is 13.0 Å². The van der Waals surface area contributed by atoms with Gasteiger partial charge in [-0.1, -0.05) is 30.3 Å². The minimum absolute atomic E-state index is 0.0140. The number of imidazole rings is 1. The number of aromatic amines is 1. The van der Waals surface area contributed by atoms with Gasteiger partial charge < -0.3 is 10.3 Å². The molecule has 0 bridgehead atoms. The lowest BCUT2D eigenvalue weighted by atomic mass is 10.2. The largest absolute Gasteiger partial charge is 0.356 e. The maximum Gasteiger partial charge on any atom is 0.216 e. The van der Waals surface area contributed by atoms with Gasteiger partial charge in [0.1, 0.15) is 5.82 Å². The number of rotatable bonds is 4. The molecule has 2 aromatic rings. The molecule has 0 radical (unpaired) electrons. The molecule has 0 spiro atoms. The van der Waals surface area contributed by atoms with Crippen LogP contribution in [0.4, 0.5) is 0 Å². The van der Waals surface area contributed by atoms with Gasteiger partial charge in [-0.05, 0) is 5.56 Å². The first-order chi connectivity index (χ1) is 8.25. The molecule has 0 saturated heterocycles. The van der Waals surface area contributed by atoms with Crippen LogP contribution in [-0.2, 0) is 11.2 Å². The van der Waals surface area contributed by atoms with E-state index < -0.39 is 0 Å². The van der Waals surface area contributed by atoms with Crippen LogP contribution in [0.2, 0.25) is 0 Å². The van der Waals surface area contributed by atoms with Crippen molar-refractivity contribution in [2.24, 2.45) is 0 Å². The minimum Gasteiger partial charge on any atom is -0.356 e. The molecule has 1 amide bonds. The summed E-state index contributed by atoms with van der Waals surface area (Å²) in [4.78, 5) is 18.2. The fourth-order valence-corrected chi connectivity index (χ4v) is 1.61. The Balaban J connectivity index is 1.99. The second kappa shape index (κ2) is 5.30. The molecule has 0 atom stereocenters. The van der Waals surface area contributed by atoms with E-state index in [0.717, 1.165) is 17.1 Å². The highest BCUT2D eigenvalue weighted by molar-refractivity contribution is 5.72. The zero-order valence-electron chi connectivity index (χ0n) is 9.73. The highest BCUT2D eigenvalue weighted by atomic mass is 16.1. The maximum absolute atomic E-state index is 10.7. The van der Waals surface area contributed by atoms with Gasteiger partial charge in [0.15, 0.2) is 0 Å². The van der Waals surface area contributed by atoms with Crippen LogP contribution < -0.4 is 5.32 Å². The second-order valence-corrected chi connectivity index (χ2v) is 3.84. The number of benzene rings is 1. The Morgan fingerprint density at radius 1 is 1.35 bits per heavy atom. The Kier molecular flexibility index (Phi) is 3.55. The van der Waals surface area contributed by atoms with Gasteiger partial charge in [0.05, 0.1) is 11.9 Å². The molecule has 2 N–H and O–H groups in total. The summed E-state index contributed by atoms with van der Waals surface area (Å²) in [5.74, 6) is 0.873. The molecule has 1 aromatic carbocycles. The Morgan fingerprint density at radius 2 is 2.12 bits per heavy atom. The fraction of sp³-hybridized carbons (Fsp3) is 0.231. The lowest BCUT2D eigenvalue weighted by Gasteiger charge is -1.99. The number of aromatic nitrogens is 2. The molecule has 17 heavy (non-hydrogen) atoms. The number of nitrogens with zero attached hydrogens (tertiary/aromatic N) is 1. The minimum atomic E-state index is -0.0140. The van der Waals surface area contributed by atoms with Gasteiger partial charge >= 0.3 is 0 Å². The van der Waals surface area contributed by atoms with Crippen LogP contribution in [0.5, 0.6) is 0 Å². The van der Waals surface area contributed by atoms with Crippen LogP contribution in [-0.4, -0.2) is 22.4 Å². The van der Waals surface area contributed by atoms with Crippen molar-refractivity contribution in [2.45, 2.75) is 13.3 Å². The molecule has 0 aliphatic carbocycles. The number of hydrogen-bond acceptors (Lipinski definition) is 2. The number of carbonyl (C=O) groups is 1. The van der Waals surface area contributed by atoms with Crippen LogP contribution in [0.15, 0.2) is 36.5 Å². The summed E-state index contributed by atoms with van der Waals surface area (Å²) >= 11 is 0. The molecular weight excluding hydrogens is 214 g/mol. The predicted molar refractivity (Wildman–Crippen MR) is 66.4 cm³/mol. The topological polar surface area (TPSA) is 57.8 Å². The summed E-state index contributed by atoms with van der Waals surface area (Å²) < 4.78 is 0. The first-order valence-electron chi connectivity index (χ1n) is 5.59. The molecular formula is C13H15N3O. The molecule has 1 aromatic heterocycles. The van der Waals surface area contributed by atoms with E-state index in [9.17, 15) is 4.79 Å². The molecule has 0 unspecified atom stereocenters. The van der Waals surface area contributed by atoms with Gasteiger partial charge in [0, 0.05) is 19.9 Å². The summed E-state index contributed by atoms with van der Waals surface area (Å²) in [6.45, 7) is 2.12. The maximum atomic E-state index is 10.7. The number of H-pyrrole nitrogens is 1. The average molecular weight is 229 g/mol. The summed E-state index contributed by atoms with van der Waals surface area (Å²) in [5.41, 5.74) is 2.12. The third-order valence-electron chi connectivity index (χ3n) is 2.45. The van der Waals surface area contributed by atoms with Gasteiger partial charge in [-0.15, -0.1) is 0 Å². The molecule has 0 aliphatic rings. The van der Waals surface area contributed by atoms with Crippen LogP contribution in [0.25, 0.3) is 11.3 Å².